The summed E-state index contributed by atoms with van der Waals surface area (Å²) in [4.78, 5) is 12.0. The lowest BCUT2D eigenvalue weighted by molar-refractivity contribution is 0.0917. The lowest BCUT2D eigenvalue weighted by Gasteiger charge is -2.26. The van der Waals surface area contributed by atoms with Crippen molar-refractivity contribution in [1.29, 1.82) is 0 Å². The first-order valence-corrected chi connectivity index (χ1v) is 6.72. The van der Waals surface area contributed by atoms with Gasteiger partial charge in [-0.05, 0) is 43.9 Å². The van der Waals surface area contributed by atoms with Gasteiger partial charge in [-0.1, -0.05) is 17.9 Å². The van der Waals surface area contributed by atoms with Crippen molar-refractivity contribution in [3.05, 3.63) is 34.9 Å². The minimum absolute atomic E-state index is 0.0186. The molecule has 0 heterocycles. The SMILES string of the molecule is Cc1ccc(C(=O)NC2CCC2)cc1C#CCCO. The first-order valence-electron chi connectivity index (χ1n) is 6.72. The Morgan fingerprint density at radius 1 is 1.47 bits per heavy atom. The van der Waals surface area contributed by atoms with Gasteiger partial charge in [-0.2, -0.15) is 0 Å². The molecular formula is C16H19NO2. The molecule has 19 heavy (non-hydrogen) atoms. The lowest BCUT2D eigenvalue weighted by atomic mass is 9.93. The predicted octanol–water partition coefficient (Wildman–Crippen LogP) is 2.01. The standard InChI is InChI=1S/C16H19NO2/c1-12-8-9-14(11-13(12)5-2-3-10-18)16(19)17-15-6-4-7-15/h8-9,11,15,18H,3-4,6-7,10H2,1H3,(H,17,19). The highest BCUT2D eigenvalue weighted by Crippen LogP contribution is 2.19. The summed E-state index contributed by atoms with van der Waals surface area (Å²) < 4.78 is 0. The van der Waals surface area contributed by atoms with Crippen molar-refractivity contribution in [3.8, 4) is 11.8 Å². The molecule has 0 unspecified atom stereocenters. The van der Waals surface area contributed by atoms with Gasteiger partial charge in [0.2, 0.25) is 0 Å². The van der Waals surface area contributed by atoms with Crippen LogP contribution in [0.1, 0.15) is 47.2 Å². The minimum atomic E-state index is -0.0186. The van der Waals surface area contributed by atoms with Gasteiger partial charge in [0.25, 0.3) is 5.91 Å². The molecule has 0 atom stereocenters. The van der Waals surface area contributed by atoms with Crippen LogP contribution < -0.4 is 5.32 Å². The molecule has 3 heteroatoms. The molecule has 0 bridgehead atoms. The van der Waals surface area contributed by atoms with Gasteiger partial charge in [-0.15, -0.1) is 0 Å². The molecule has 100 valence electrons. The Kier molecular flexibility index (Phi) is 4.59. The molecule has 1 aliphatic carbocycles. The van der Waals surface area contributed by atoms with Gasteiger partial charge in [-0.25, -0.2) is 0 Å². The van der Waals surface area contributed by atoms with Crippen molar-refractivity contribution in [2.75, 3.05) is 6.61 Å². The van der Waals surface area contributed by atoms with Gasteiger partial charge in [0.1, 0.15) is 0 Å². The Hall–Kier alpha value is -1.79. The predicted molar refractivity (Wildman–Crippen MR) is 74.9 cm³/mol. The normalized spacial score (nSPS) is 14.2. The zero-order chi connectivity index (χ0) is 13.7. The molecule has 2 rings (SSSR count). The maximum absolute atomic E-state index is 12.0. The lowest BCUT2D eigenvalue weighted by Crippen LogP contribution is -2.39. The zero-order valence-electron chi connectivity index (χ0n) is 11.2. The van der Waals surface area contributed by atoms with Crippen molar-refractivity contribution in [2.45, 2.75) is 38.6 Å². The van der Waals surface area contributed by atoms with Crippen molar-refractivity contribution >= 4 is 5.91 Å². The molecule has 0 aliphatic heterocycles. The quantitative estimate of drug-likeness (QED) is 0.814. The van der Waals surface area contributed by atoms with E-state index >= 15 is 0 Å². The smallest absolute Gasteiger partial charge is 0.251 e. The first-order chi connectivity index (χ1) is 9.20. The molecule has 1 amide bonds. The second-order valence-corrected chi connectivity index (χ2v) is 4.91. The molecule has 1 aromatic carbocycles. The first kappa shape index (κ1) is 13.6. The number of aliphatic hydroxyl groups excluding tert-OH is 1. The van der Waals surface area contributed by atoms with E-state index in [1.165, 1.54) is 6.42 Å². The molecule has 0 spiro atoms. The van der Waals surface area contributed by atoms with Gasteiger partial charge < -0.3 is 10.4 Å². The number of benzene rings is 1. The monoisotopic (exact) mass is 257 g/mol. The van der Waals surface area contributed by atoms with Gasteiger partial charge >= 0.3 is 0 Å². The van der Waals surface area contributed by atoms with E-state index in [1.54, 1.807) is 0 Å². The molecule has 1 aromatic rings. The Balaban J connectivity index is 2.11. The van der Waals surface area contributed by atoms with Crippen molar-refractivity contribution in [3.63, 3.8) is 0 Å². The third kappa shape index (κ3) is 3.59. The molecule has 0 radical (unpaired) electrons. The van der Waals surface area contributed by atoms with E-state index in [-0.39, 0.29) is 12.5 Å². The second-order valence-electron chi connectivity index (χ2n) is 4.91. The molecule has 3 nitrogen and oxygen atoms in total. The van der Waals surface area contributed by atoms with E-state index in [1.807, 2.05) is 25.1 Å². The van der Waals surface area contributed by atoms with Crippen molar-refractivity contribution in [2.24, 2.45) is 0 Å². The van der Waals surface area contributed by atoms with Crippen LogP contribution in [0.5, 0.6) is 0 Å². The van der Waals surface area contributed by atoms with Crippen molar-refractivity contribution < 1.29 is 9.90 Å². The third-order valence-electron chi connectivity index (χ3n) is 3.40. The van der Waals surface area contributed by atoms with E-state index in [2.05, 4.69) is 17.2 Å². The van der Waals surface area contributed by atoms with Gasteiger partial charge in [0.05, 0.1) is 6.61 Å². The van der Waals surface area contributed by atoms with E-state index in [9.17, 15) is 4.79 Å². The van der Waals surface area contributed by atoms with E-state index in [0.717, 1.165) is 24.0 Å². The number of aryl methyl sites for hydroxylation is 1. The fourth-order valence-corrected chi connectivity index (χ4v) is 1.93. The fourth-order valence-electron chi connectivity index (χ4n) is 1.93. The Labute approximate surface area is 114 Å². The van der Waals surface area contributed by atoms with Crippen LogP contribution in [-0.4, -0.2) is 23.7 Å². The molecule has 0 aromatic heterocycles. The van der Waals surface area contributed by atoms with Crippen LogP contribution in [0.2, 0.25) is 0 Å². The molecular weight excluding hydrogens is 238 g/mol. The average molecular weight is 257 g/mol. The van der Waals surface area contributed by atoms with Crippen LogP contribution in [0, 0.1) is 18.8 Å². The summed E-state index contributed by atoms with van der Waals surface area (Å²) in [7, 11) is 0. The number of amides is 1. The van der Waals surface area contributed by atoms with Crippen LogP contribution >= 0.6 is 0 Å². The average Bonchev–Trinajstić information content (AvgIpc) is 2.36. The summed E-state index contributed by atoms with van der Waals surface area (Å²) in [5, 5.41) is 11.7. The summed E-state index contributed by atoms with van der Waals surface area (Å²) in [5.74, 6) is 5.87. The maximum Gasteiger partial charge on any atom is 0.251 e. The topological polar surface area (TPSA) is 49.3 Å². The number of hydrogen-bond acceptors (Lipinski definition) is 2. The second kappa shape index (κ2) is 6.40. The summed E-state index contributed by atoms with van der Waals surface area (Å²) in [6.45, 7) is 2.03. The molecule has 1 aliphatic rings. The van der Waals surface area contributed by atoms with Crippen LogP contribution in [0.15, 0.2) is 18.2 Å². The Bertz CT molecular complexity index is 521. The highest BCUT2D eigenvalue weighted by atomic mass is 16.2. The highest BCUT2D eigenvalue weighted by molar-refractivity contribution is 5.94. The number of nitrogens with one attached hydrogen (secondary N) is 1. The largest absolute Gasteiger partial charge is 0.395 e. The van der Waals surface area contributed by atoms with Crippen LogP contribution in [0.3, 0.4) is 0 Å². The fraction of sp³-hybridized carbons (Fsp3) is 0.438. The molecule has 0 saturated heterocycles. The van der Waals surface area contributed by atoms with Gasteiger partial charge in [0.15, 0.2) is 0 Å². The van der Waals surface area contributed by atoms with E-state index in [4.69, 9.17) is 5.11 Å². The summed E-state index contributed by atoms with van der Waals surface area (Å²) in [5.41, 5.74) is 2.56. The van der Waals surface area contributed by atoms with Crippen LogP contribution in [0.25, 0.3) is 0 Å². The summed E-state index contributed by atoms with van der Waals surface area (Å²) in [6.07, 6.45) is 3.83. The summed E-state index contributed by atoms with van der Waals surface area (Å²) in [6, 6.07) is 5.92. The maximum atomic E-state index is 12.0. The van der Waals surface area contributed by atoms with Crippen LogP contribution in [-0.2, 0) is 0 Å². The number of rotatable bonds is 3. The number of carbonyl (C=O) groups is 1. The van der Waals surface area contributed by atoms with Gasteiger partial charge in [0, 0.05) is 23.6 Å². The number of carbonyl (C=O) groups excluding carboxylic acids is 1. The Morgan fingerprint density at radius 2 is 2.26 bits per heavy atom. The van der Waals surface area contributed by atoms with Crippen LogP contribution in [0.4, 0.5) is 0 Å². The number of hydrogen-bond donors (Lipinski definition) is 2. The molecule has 1 saturated carbocycles. The van der Waals surface area contributed by atoms with Crippen molar-refractivity contribution in [1.82, 2.24) is 5.32 Å². The third-order valence-corrected chi connectivity index (χ3v) is 3.40. The van der Waals surface area contributed by atoms with Gasteiger partial charge in [-0.3, -0.25) is 4.79 Å². The number of aliphatic hydroxyl groups is 1. The van der Waals surface area contributed by atoms with E-state index in [0.29, 0.717) is 18.0 Å². The summed E-state index contributed by atoms with van der Waals surface area (Å²) >= 11 is 0. The zero-order valence-corrected chi connectivity index (χ0v) is 11.2. The minimum Gasteiger partial charge on any atom is -0.395 e. The Morgan fingerprint density at radius 3 is 2.89 bits per heavy atom. The molecule has 2 N–H and O–H groups in total. The van der Waals surface area contributed by atoms with E-state index < -0.39 is 0 Å². The highest BCUT2D eigenvalue weighted by Gasteiger charge is 2.20. The molecule has 1 fully saturated rings.